The van der Waals surface area contributed by atoms with Crippen LogP contribution in [0.2, 0.25) is 8.67 Å². The van der Waals surface area contributed by atoms with Crippen LogP contribution in [0.3, 0.4) is 0 Å². The predicted molar refractivity (Wildman–Crippen MR) is 86.5 cm³/mol. The zero-order valence-corrected chi connectivity index (χ0v) is 14.2. The van der Waals surface area contributed by atoms with Crippen molar-refractivity contribution in [2.75, 3.05) is 26.2 Å². The van der Waals surface area contributed by atoms with E-state index >= 15 is 0 Å². The number of hydrogen-bond donors (Lipinski definition) is 1. The molecule has 2 rings (SSSR count). The number of ketones is 1. The van der Waals surface area contributed by atoms with Crippen molar-refractivity contribution in [2.24, 2.45) is 5.92 Å². The highest BCUT2D eigenvalue weighted by molar-refractivity contribution is 7.20. The molecule has 2 heterocycles. The van der Waals surface area contributed by atoms with Gasteiger partial charge < -0.3 is 5.32 Å². The number of nitrogens with zero attached hydrogens (tertiary/aromatic N) is 1. The Balaban J connectivity index is 1.79. The smallest absolute Gasteiger partial charge is 0.216 e. The van der Waals surface area contributed by atoms with Gasteiger partial charge in [0, 0.05) is 13.5 Å². The summed E-state index contributed by atoms with van der Waals surface area (Å²) < 4.78 is 1.00. The lowest BCUT2D eigenvalue weighted by atomic mass is 9.96. The number of Topliss-reactive ketones (excluding diaryl/α,β-unsaturated/α-hetero) is 1. The number of likely N-dealkylation sites (tertiary alicyclic amines) is 1. The van der Waals surface area contributed by atoms with Crippen LogP contribution in [0.5, 0.6) is 0 Å². The van der Waals surface area contributed by atoms with Crippen LogP contribution < -0.4 is 5.32 Å². The molecule has 0 saturated carbocycles. The topological polar surface area (TPSA) is 49.4 Å². The summed E-state index contributed by atoms with van der Waals surface area (Å²) in [5.41, 5.74) is 0.520. The molecule has 0 atom stereocenters. The molecule has 21 heavy (non-hydrogen) atoms. The molecule has 7 heteroatoms. The van der Waals surface area contributed by atoms with Crippen LogP contribution in [0.1, 0.15) is 30.1 Å². The third-order valence-corrected chi connectivity index (χ3v) is 5.16. The Hall–Kier alpha value is -0.620. The molecule has 1 aromatic rings. The van der Waals surface area contributed by atoms with Gasteiger partial charge in [0.25, 0.3) is 0 Å². The van der Waals surface area contributed by atoms with Gasteiger partial charge in [-0.15, -0.1) is 11.3 Å². The summed E-state index contributed by atoms with van der Waals surface area (Å²) in [5, 5.41) is 2.85. The van der Waals surface area contributed by atoms with E-state index in [-0.39, 0.29) is 11.7 Å². The van der Waals surface area contributed by atoms with Crippen molar-refractivity contribution < 1.29 is 9.59 Å². The predicted octanol–water partition coefficient (Wildman–Crippen LogP) is 3.09. The van der Waals surface area contributed by atoms with Crippen molar-refractivity contribution in [3.63, 3.8) is 0 Å². The maximum atomic E-state index is 12.2. The van der Waals surface area contributed by atoms with Crippen molar-refractivity contribution in [3.8, 4) is 0 Å². The average molecular weight is 349 g/mol. The summed E-state index contributed by atoms with van der Waals surface area (Å²) in [4.78, 5) is 25.2. The first-order valence-corrected chi connectivity index (χ1v) is 8.47. The van der Waals surface area contributed by atoms with E-state index in [0.29, 0.717) is 26.7 Å². The molecule has 0 bridgehead atoms. The molecule has 1 saturated heterocycles. The molecule has 0 radical (unpaired) electrons. The lowest BCUT2D eigenvalue weighted by Crippen LogP contribution is -2.40. The van der Waals surface area contributed by atoms with Gasteiger partial charge in [-0.3, -0.25) is 14.5 Å². The van der Waals surface area contributed by atoms with Gasteiger partial charge in [-0.2, -0.15) is 0 Å². The largest absolute Gasteiger partial charge is 0.356 e. The summed E-state index contributed by atoms with van der Waals surface area (Å²) in [6.07, 6.45) is 1.98. The fraction of sp³-hybridized carbons (Fsp3) is 0.571. The third-order valence-electron chi connectivity index (χ3n) is 3.67. The number of carbonyl (C=O) groups is 2. The molecule has 1 aromatic heterocycles. The number of rotatable bonds is 5. The SMILES string of the molecule is CC(=O)NCC1CCN(CC(=O)c2cc(Cl)sc2Cl)CC1. The molecule has 1 amide bonds. The Morgan fingerprint density at radius 3 is 2.57 bits per heavy atom. The van der Waals surface area contributed by atoms with Crippen molar-refractivity contribution in [1.29, 1.82) is 0 Å². The van der Waals surface area contributed by atoms with Crippen LogP contribution in [0.4, 0.5) is 0 Å². The van der Waals surface area contributed by atoms with E-state index in [0.717, 1.165) is 32.5 Å². The van der Waals surface area contributed by atoms with Gasteiger partial charge in [-0.05, 0) is 37.9 Å². The van der Waals surface area contributed by atoms with E-state index in [9.17, 15) is 9.59 Å². The fourth-order valence-electron chi connectivity index (χ4n) is 2.46. The number of halogens is 2. The van der Waals surface area contributed by atoms with Gasteiger partial charge >= 0.3 is 0 Å². The number of hydrogen-bond acceptors (Lipinski definition) is 4. The molecule has 1 N–H and O–H groups in total. The number of carbonyl (C=O) groups excluding carboxylic acids is 2. The zero-order valence-electron chi connectivity index (χ0n) is 11.8. The van der Waals surface area contributed by atoms with Gasteiger partial charge in [0.1, 0.15) is 4.34 Å². The van der Waals surface area contributed by atoms with Crippen molar-refractivity contribution in [2.45, 2.75) is 19.8 Å². The van der Waals surface area contributed by atoms with Crippen molar-refractivity contribution in [3.05, 3.63) is 20.3 Å². The highest BCUT2D eigenvalue weighted by Gasteiger charge is 2.23. The highest BCUT2D eigenvalue weighted by Crippen LogP contribution is 2.31. The molecule has 4 nitrogen and oxygen atoms in total. The van der Waals surface area contributed by atoms with E-state index in [1.807, 2.05) is 0 Å². The standard InChI is InChI=1S/C14H18Cl2N2O2S/c1-9(19)17-7-10-2-4-18(5-3-10)8-12(20)11-6-13(15)21-14(11)16/h6,10H,2-5,7-8H2,1H3,(H,17,19). The molecule has 1 aliphatic rings. The lowest BCUT2D eigenvalue weighted by molar-refractivity contribution is -0.119. The van der Waals surface area contributed by atoms with Gasteiger partial charge in [-0.25, -0.2) is 0 Å². The highest BCUT2D eigenvalue weighted by atomic mass is 35.5. The van der Waals surface area contributed by atoms with Gasteiger partial charge in [0.15, 0.2) is 5.78 Å². The number of nitrogens with one attached hydrogen (secondary N) is 1. The minimum Gasteiger partial charge on any atom is -0.356 e. The minimum absolute atomic E-state index is 0.0107. The third kappa shape index (κ3) is 4.95. The molecule has 0 aromatic carbocycles. The van der Waals surface area contributed by atoms with Crippen LogP contribution in [-0.4, -0.2) is 42.8 Å². The normalized spacial score (nSPS) is 16.9. The maximum absolute atomic E-state index is 12.2. The van der Waals surface area contributed by atoms with Gasteiger partial charge in [-0.1, -0.05) is 23.2 Å². The maximum Gasteiger partial charge on any atom is 0.216 e. The summed E-state index contributed by atoms with van der Waals surface area (Å²) in [6, 6.07) is 1.64. The molecule has 0 unspecified atom stereocenters. The minimum atomic E-state index is 0.0107. The first-order valence-electron chi connectivity index (χ1n) is 6.90. The Morgan fingerprint density at radius 1 is 1.38 bits per heavy atom. The number of thiophene rings is 1. The second kappa shape index (κ2) is 7.58. The molecular weight excluding hydrogens is 331 g/mol. The van der Waals surface area contributed by atoms with Crippen LogP contribution in [-0.2, 0) is 4.79 Å². The summed E-state index contributed by atoms with van der Waals surface area (Å²) in [6.45, 7) is 4.36. The average Bonchev–Trinajstić information content (AvgIpc) is 2.77. The number of amides is 1. The van der Waals surface area contributed by atoms with Crippen LogP contribution in [0.15, 0.2) is 6.07 Å². The first kappa shape index (κ1) is 16.7. The lowest BCUT2D eigenvalue weighted by Gasteiger charge is -2.31. The molecule has 1 aliphatic heterocycles. The summed E-state index contributed by atoms with van der Waals surface area (Å²) in [7, 11) is 0. The number of piperidine rings is 1. The Kier molecular flexibility index (Phi) is 6.05. The molecule has 0 spiro atoms. The van der Waals surface area contributed by atoms with Crippen molar-refractivity contribution in [1.82, 2.24) is 10.2 Å². The molecular formula is C14H18Cl2N2O2S. The van der Waals surface area contributed by atoms with Crippen molar-refractivity contribution >= 4 is 46.2 Å². The van der Waals surface area contributed by atoms with E-state index in [2.05, 4.69) is 10.2 Å². The monoisotopic (exact) mass is 348 g/mol. The Bertz CT molecular complexity index is 525. The summed E-state index contributed by atoms with van der Waals surface area (Å²) in [5.74, 6) is 0.527. The van der Waals surface area contributed by atoms with E-state index in [1.54, 1.807) is 6.07 Å². The summed E-state index contributed by atoms with van der Waals surface area (Å²) >= 11 is 13.1. The molecule has 1 fully saturated rings. The van der Waals surface area contributed by atoms with E-state index < -0.39 is 0 Å². The fourth-order valence-corrected chi connectivity index (χ4v) is 3.95. The Morgan fingerprint density at radius 2 is 2.05 bits per heavy atom. The van der Waals surface area contributed by atoms with E-state index in [4.69, 9.17) is 23.2 Å². The van der Waals surface area contributed by atoms with Gasteiger partial charge in [0.05, 0.1) is 16.4 Å². The zero-order chi connectivity index (χ0) is 15.4. The van der Waals surface area contributed by atoms with Crippen LogP contribution in [0, 0.1) is 5.92 Å². The second-order valence-electron chi connectivity index (χ2n) is 5.32. The quantitative estimate of drug-likeness (QED) is 0.831. The van der Waals surface area contributed by atoms with E-state index in [1.165, 1.54) is 18.3 Å². The first-order chi connectivity index (χ1) is 9.95. The Labute approximate surface area is 138 Å². The second-order valence-corrected chi connectivity index (χ2v) is 7.60. The van der Waals surface area contributed by atoms with Gasteiger partial charge in [0.2, 0.25) is 5.91 Å². The molecule has 0 aliphatic carbocycles. The van der Waals surface area contributed by atoms with Crippen LogP contribution in [0.25, 0.3) is 0 Å². The van der Waals surface area contributed by atoms with Crippen LogP contribution >= 0.6 is 34.5 Å². The molecule has 116 valence electrons.